The van der Waals surface area contributed by atoms with Crippen molar-refractivity contribution in [2.45, 2.75) is 26.3 Å². The van der Waals surface area contributed by atoms with Crippen LogP contribution in [0.5, 0.6) is 0 Å². The molecule has 0 radical (unpaired) electrons. The zero-order valence-electron chi connectivity index (χ0n) is 25.6. The number of hydrogen-bond donors (Lipinski definition) is 2. The fourth-order valence-corrected chi connectivity index (χ4v) is 6.83. The Balaban J connectivity index is 1.61. The Morgan fingerprint density at radius 1 is 0.932 bits per heavy atom. The van der Waals surface area contributed by atoms with Gasteiger partial charge in [-0.05, 0) is 27.3 Å². The minimum absolute atomic E-state index is 0.0110. The minimum atomic E-state index is -3.51. The van der Waals surface area contributed by atoms with Gasteiger partial charge in [-0.15, -0.1) is 0 Å². The highest BCUT2D eigenvalue weighted by atomic mass is 31.2. The van der Waals surface area contributed by atoms with Crippen LogP contribution in [0.4, 0.5) is 10.6 Å². The maximum absolute atomic E-state index is 13.8. The summed E-state index contributed by atoms with van der Waals surface area (Å²) in [6.45, 7) is 7.54. The molecule has 0 unspecified atom stereocenters. The summed E-state index contributed by atoms with van der Waals surface area (Å²) < 4.78 is 24.1. The lowest BCUT2D eigenvalue weighted by molar-refractivity contribution is -0.134. The van der Waals surface area contributed by atoms with E-state index in [9.17, 15) is 24.1 Å². The molecular weight excluding hydrogens is 589 g/mol. The molecule has 15 heteroatoms. The highest BCUT2D eigenvalue weighted by Crippen LogP contribution is 2.48. The number of carbonyl (C=O) groups is 3. The van der Waals surface area contributed by atoms with E-state index < -0.39 is 31.5 Å². The molecule has 0 spiro atoms. The number of nitrogens with one attached hydrogen (secondary N) is 1. The van der Waals surface area contributed by atoms with E-state index in [4.69, 9.17) is 14.0 Å². The summed E-state index contributed by atoms with van der Waals surface area (Å²) >= 11 is 0. The number of benzene rings is 1. The van der Waals surface area contributed by atoms with Gasteiger partial charge in [0.25, 0.3) is 5.91 Å². The average molecular weight is 632 g/mol. The Kier molecular flexibility index (Phi) is 11.7. The van der Waals surface area contributed by atoms with Crippen molar-refractivity contribution in [3.63, 3.8) is 0 Å². The largest absolute Gasteiger partial charge is 0.465 e. The lowest BCUT2D eigenvalue weighted by Crippen LogP contribution is -2.56. The number of amides is 3. The fourth-order valence-electron chi connectivity index (χ4n) is 5.14. The van der Waals surface area contributed by atoms with Crippen molar-refractivity contribution in [2.75, 3.05) is 83.7 Å². The molecule has 240 valence electrons. The lowest BCUT2D eigenvalue weighted by atomic mass is 10.1. The molecule has 0 saturated carbocycles. The van der Waals surface area contributed by atoms with Gasteiger partial charge in [0.15, 0.2) is 5.82 Å². The highest BCUT2D eigenvalue weighted by Gasteiger charge is 2.34. The van der Waals surface area contributed by atoms with Gasteiger partial charge >= 0.3 is 13.7 Å². The second-order valence-electron chi connectivity index (χ2n) is 10.7. The van der Waals surface area contributed by atoms with Gasteiger partial charge in [0.05, 0.1) is 19.4 Å². The summed E-state index contributed by atoms with van der Waals surface area (Å²) in [4.78, 5) is 55.4. The van der Waals surface area contributed by atoms with Crippen molar-refractivity contribution in [2.24, 2.45) is 0 Å². The number of likely N-dealkylation sites (N-methyl/N-ethyl adjacent to an activating group) is 1. The van der Waals surface area contributed by atoms with Crippen LogP contribution in [-0.4, -0.2) is 133 Å². The Hall–Kier alpha value is -3.58. The molecule has 4 rings (SSSR count). The van der Waals surface area contributed by atoms with E-state index in [1.54, 1.807) is 19.9 Å². The molecular formula is C29H42N7O7P. The predicted octanol–water partition coefficient (Wildman–Crippen LogP) is 2.47. The van der Waals surface area contributed by atoms with E-state index in [1.807, 2.05) is 30.3 Å². The zero-order valence-corrected chi connectivity index (χ0v) is 26.4. The molecule has 2 N–H and O–H groups in total. The van der Waals surface area contributed by atoms with Gasteiger partial charge < -0.3 is 39.1 Å². The molecule has 0 aliphatic carbocycles. The van der Waals surface area contributed by atoms with Crippen molar-refractivity contribution in [3.8, 4) is 11.4 Å². The van der Waals surface area contributed by atoms with Gasteiger partial charge in [-0.3, -0.25) is 14.2 Å². The van der Waals surface area contributed by atoms with Crippen LogP contribution in [0.3, 0.4) is 0 Å². The van der Waals surface area contributed by atoms with Crippen molar-refractivity contribution in [1.29, 1.82) is 0 Å². The molecule has 0 bridgehead atoms. The van der Waals surface area contributed by atoms with Crippen LogP contribution in [0.25, 0.3) is 11.4 Å². The summed E-state index contributed by atoms with van der Waals surface area (Å²) in [5.41, 5.74) is 0.842. The number of hydrogen-bond acceptors (Lipinski definition) is 10. The standard InChI is InChI=1S/C29H42N7O7P/c1-4-42-44(41,43-5-2)20-11-23(28(38)35-16-18-36(19-17-35)29(39)40)31-27(37)24-21-25(34-14-12-33(3)13-15-34)32-26(30-24)22-9-7-6-8-10-22/h6-10,21,23H,4-5,11-20H2,1-3H3,(H,31,37)(H,39,40)/t23-/m0/s1. The molecule has 1 atom stereocenters. The minimum Gasteiger partial charge on any atom is -0.465 e. The third-order valence-electron chi connectivity index (χ3n) is 7.61. The third kappa shape index (κ3) is 8.75. The van der Waals surface area contributed by atoms with Crippen LogP contribution in [0, 0.1) is 0 Å². The monoisotopic (exact) mass is 631 g/mol. The van der Waals surface area contributed by atoms with Crippen LogP contribution in [0.2, 0.25) is 0 Å². The first kappa shape index (κ1) is 33.3. The molecule has 2 fully saturated rings. The first-order valence-electron chi connectivity index (χ1n) is 15.0. The fraction of sp³-hybridized carbons (Fsp3) is 0.552. The van der Waals surface area contributed by atoms with Gasteiger partial charge in [-0.2, -0.15) is 0 Å². The van der Waals surface area contributed by atoms with Crippen molar-refractivity contribution in [3.05, 3.63) is 42.1 Å². The summed E-state index contributed by atoms with van der Waals surface area (Å²) in [5.74, 6) is 0.0173. The summed E-state index contributed by atoms with van der Waals surface area (Å²) in [7, 11) is -1.46. The van der Waals surface area contributed by atoms with Crippen molar-refractivity contribution < 1.29 is 33.1 Å². The van der Waals surface area contributed by atoms with Crippen LogP contribution in [0.1, 0.15) is 30.8 Å². The predicted molar refractivity (Wildman–Crippen MR) is 165 cm³/mol. The van der Waals surface area contributed by atoms with E-state index in [0.717, 1.165) is 31.7 Å². The molecule has 2 aliphatic heterocycles. The molecule has 1 aromatic heterocycles. The Bertz CT molecular complexity index is 1320. The SMILES string of the molecule is CCOP(=O)(CC[C@H](NC(=O)c1cc(N2CCN(C)CC2)nc(-c2ccccc2)n1)C(=O)N1CCN(C(=O)O)CC1)OCC. The first-order chi connectivity index (χ1) is 21.1. The van der Waals surface area contributed by atoms with Gasteiger partial charge in [0, 0.05) is 64.0 Å². The lowest BCUT2D eigenvalue weighted by Gasteiger charge is -2.35. The molecule has 1 aromatic carbocycles. The molecule has 2 aromatic rings. The molecule has 2 aliphatic rings. The number of nitrogens with zero attached hydrogens (tertiary/aromatic N) is 6. The topological polar surface area (TPSA) is 158 Å². The van der Waals surface area contributed by atoms with Crippen LogP contribution < -0.4 is 10.2 Å². The first-order valence-corrected chi connectivity index (χ1v) is 16.7. The van der Waals surface area contributed by atoms with Gasteiger partial charge in [0.1, 0.15) is 17.6 Å². The van der Waals surface area contributed by atoms with E-state index >= 15 is 0 Å². The normalized spacial score (nSPS) is 16.9. The van der Waals surface area contributed by atoms with Crippen LogP contribution in [0.15, 0.2) is 36.4 Å². The van der Waals surface area contributed by atoms with Crippen molar-refractivity contribution >= 4 is 31.3 Å². The highest BCUT2D eigenvalue weighted by molar-refractivity contribution is 7.53. The number of aromatic nitrogens is 2. The van der Waals surface area contributed by atoms with Crippen molar-refractivity contribution in [1.82, 2.24) is 30.0 Å². The van der Waals surface area contributed by atoms with Gasteiger partial charge in [0.2, 0.25) is 5.91 Å². The van der Waals surface area contributed by atoms with Crippen LogP contribution >= 0.6 is 7.60 Å². The quantitative estimate of drug-likeness (QED) is 0.332. The summed E-state index contributed by atoms with van der Waals surface area (Å²) in [6, 6.07) is 9.92. The Morgan fingerprint density at radius 2 is 1.55 bits per heavy atom. The number of carbonyl (C=O) groups excluding carboxylic acids is 2. The van der Waals surface area contributed by atoms with Gasteiger partial charge in [-0.25, -0.2) is 14.8 Å². The second-order valence-corrected chi connectivity index (χ2v) is 12.9. The third-order valence-corrected chi connectivity index (χ3v) is 9.72. The number of carboxylic acid groups (broad SMARTS) is 1. The van der Waals surface area contributed by atoms with Gasteiger partial charge in [-0.1, -0.05) is 30.3 Å². The van der Waals surface area contributed by atoms with E-state index in [0.29, 0.717) is 11.6 Å². The molecule has 14 nitrogen and oxygen atoms in total. The Morgan fingerprint density at radius 3 is 2.14 bits per heavy atom. The zero-order chi connectivity index (χ0) is 31.7. The maximum atomic E-state index is 13.8. The smallest absolute Gasteiger partial charge is 0.407 e. The van der Waals surface area contributed by atoms with E-state index in [1.165, 1.54) is 9.80 Å². The van der Waals surface area contributed by atoms with Crippen LogP contribution in [-0.2, 0) is 18.4 Å². The number of anilines is 1. The molecule has 3 amide bonds. The molecule has 3 heterocycles. The maximum Gasteiger partial charge on any atom is 0.407 e. The molecule has 2 saturated heterocycles. The van der Waals surface area contributed by atoms with E-state index in [-0.39, 0.29) is 57.7 Å². The Labute approximate surface area is 257 Å². The summed E-state index contributed by atoms with van der Waals surface area (Å²) in [6.07, 6.45) is -1.15. The summed E-state index contributed by atoms with van der Waals surface area (Å²) in [5, 5.41) is 12.1. The average Bonchev–Trinajstić information content (AvgIpc) is 3.03. The number of piperazine rings is 2. The number of rotatable bonds is 12. The molecule has 44 heavy (non-hydrogen) atoms. The second kappa shape index (κ2) is 15.4. The van der Waals surface area contributed by atoms with E-state index in [2.05, 4.69) is 27.1 Å².